The van der Waals surface area contributed by atoms with Crippen molar-refractivity contribution in [2.75, 3.05) is 17.3 Å². The van der Waals surface area contributed by atoms with Gasteiger partial charge in [0.25, 0.3) is 0 Å². The van der Waals surface area contributed by atoms with Crippen LogP contribution in [0.3, 0.4) is 0 Å². The summed E-state index contributed by atoms with van der Waals surface area (Å²) in [5, 5.41) is 1.56. The van der Waals surface area contributed by atoms with Crippen LogP contribution in [-0.4, -0.2) is 12.3 Å². The number of hydrogen-bond donors (Lipinski definition) is 2. The van der Waals surface area contributed by atoms with Gasteiger partial charge in [0.15, 0.2) is 5.78 Å². The summed E-state index contributed by atoms with van der Waals surface area (Å²) < 4.78 is 0. The number of Topliss-reactive ketones (excluding diaryl/α,β-unsaturated/α-hetero) is 1. The zero-order valence-electron chi connectivity index (χ0n) is 20.4. The lowest BCUT2D eigenvalue weighted by atomic mass is 9.44. The number of carbonyl (C=O) groups excluding carboxylic acids is 1. The first-order valence-corrected chi connectivity index (χ1v) is 13.1. The van der Waals surface area contributed by atoms with E-state index in [1.807, 2.05) is 24.3 Å². The Morgan fingerprint density at radius 3 is 2.50 bits per heavy atom. The number of anilines is 2. The molecule has 4 fully saturated rings. The van der Waals surface area contributed by atoms with Gasteiger partial charge in [0.1, 0.15) is 0 Å². The predicted octanol–water partition coefficient (Wildman–Crippen LogP) is 5.81. The van der Waals surface area contributed by atoms with Gasteiger partial charge in [-0.2, -0.15) is 0 Å². The number of hydrazine groups is 1. The normalized spacial score (nSPS) is 43.1. The van der Waals surface area contributed by atoms with Gasteiger partial charge in [-0.1, -0.05) is 39.3 Å². The highest BCUT2D eigenvalue weighted by atomic mass is 16.1. The number of nitrogen functional groups attached to an aromatic ring is 1. The second kappa shape index (κ2) is 8.04. The Balaban J connectivity index is 1.32. The van der Waals surface area contributed by atoms with Crippen molar-refractivity contribution in [3.05, 3.63) is 24.3 Å². The fraction of sp³-hybridized carbons (Fsp3) is 0.750. The van der Waals surface area contributed by atoms with E-state index in [1.165, 1.54) is 51.4 Å². The van der Waals surface area contributed by atoms with Gasteiger partial charge >= 0.3 is 0 Å². The molecule has 4 saturated carbocycles. The predicted molar refractivity (Wildman–Crippen MR) is 132 cm³/mol. The van der Waals surface area contributed by atoms with Gasteiger partial charge < -0.3 is 10.7 Å². The summed E-state index contributed by atoms with van der Waals surface area (Å²) in [6.07, 6.45) is 11.9. The molecule has 0 aliphatic heterocycles. The number of benzene rings is 1. The molecule has 5 rings (SSSR count). The maximum Gasteiger partial charge on any atom is 0.157 e. The van der Waals surface area contributed by atoms with E-state index < -0.39 is 0 Å². The molecule has 1 aromatic carbocycles. The lowest BCUT2D eigenvalue weighted by molar-refractivity contribution is -0.135. The molecule has 4 N–H and O–H groups in total. The van der Waals surface area contributed by atoms with E-state index in [0.29, 0.717) is 22.8 Å². The summed E-state index contributed by atoms with van der Waals surface area (Å²) in [6, 6.07) is 7.57. The number of nitrogens with zero attached hydrogens (tertiary/aromatic N) is 1. The van der Waals surface area contributed by atoms with Crippen molar-refractivity contribution < 1.29 is 4.79 Å². The fourth-order valence-corrected chi connectivity index (χ4v) is 9.11. The first-order valence-electron chi connectivity index (χ1n) is 13.1. The minimum Gasteiger partial charge on any atom is -0.397 e. The van der Waals surface area contributed by atoms with Crippen molar-refractivity contribution in [1.82, 2.24) is 0 Å². The molecule has 176 valence electrons. The third-order valence-corrected chi connectivity index (χ3v) is 10.9. The molecule has 4 aliphatic rings. The highest BCUT2D eigenvalue weighted by Gasteiger charge is 2.60. The summed E-state index contributed by atoms with van der Waals surface area (Å²) in [5.41, 5.74) is 8.16. The maximum atomic E-state index is 13.5. The number of ketones is 1. The van der Waals surface area contributed by atoms with Crippen LogP contribution in [0.25, 0.3) is 0 Å². The monoisotopic (exact) mass is 437 g/mol. The summed E-state index contributed by atoms with van der Waals surface area (Å²) in [6.45, 7) is 7.79. The Kier molecular flexibility index (Phi) is 5.59. The van der Waals surface area contributed by atoms with Crippen molar-refractivity contribution in [2.45, 2.75) is 78.6 Å². The molecule has 8 unspecified atom stereocenters. The van der Waals surface area contributed by atoms with Gasteiger partial charge in [0.05, 0.1) is 17.9 Å². The highest BCUT2D eigenvalue weighted by molar-refractivity contribution is 5.87. The molecule has 4 heteroatoms. The van der Waals surface area contributed by atoms with Crippen LogP contribution in [0, 0.1) is 46.3 Å². The van der Waals surface area contributed by atoms with E-state index in [4.69, 9.17) is 11.6 Å². The van der Waals surface area contributed by atoms with E-state index >= 15 is 0 Å². The molecule has 8 atom stereocenters. The molecule has 0 amide bonds. The Morgan fingerprint density at radius 1 is 1.00 bits per heavy atom. The number of fused-ring (bicyclic) bond motifs is 5. The molecule has 0 heterocycles. The molecular weight excluding hydrogens is 394 g/mol. The number of nitrogens with two attached hydrogens (primary N) is 2. The average Bonchev–Trinajstić information content (AvgIpc) is 3.12. The van der Waals surface area contributed by atoms with E-state index in [0.717, 1.165) is 35.8 Å². The van der Waals surface area contributed by atoms with Crippen LogP contribution in [0.1, 0.15) is 78.6 Å². The van der Waals surface area contributed by atoms with Crippen LogP contribution in [0.5, 0.6) is 0 Å². The molecule has 0 saturated heterocycles. The molecule has 0 aromatic heterocycles. The SMILES string of the molecule is CC1CCC2(C)C(CCC3C2CCC2(C)C(C(=O)CN(N)c4ccccc4N)CCC32)C1. The number of carbonyl (C=O) groups is 1. The van der Waals surface area contributed by atoms with Gasteiger partial charge in [0, 0.05) is 5.92 Å². The average molecular weight is 438 g/mol. The Bertz CT molecular complexity index is 870. The number of para-hydroxylation sites is 2. The van der Waals surface area contributed by atoms with Crippen LogP contribution >= 0.6 is 0 Å². The van der Waals surface area contributed by atoms with Crippen molar-refractivity contribution in [3.63, 3.8) is 0 Å². The van der Waals surface area contributed by atoms with Crippen molar-refractivity contribution in [2.24, 2.45) is 52.2 Å². The maximum absolute atomic E-state index is 13.5. The van der Waals surface area contributed by atoms with E-state index in [2.05, 4.69) is 20.8 Å². The molecule has 0 bridgehead atoms. The largest absolute Gasteiger partial charge is 0.397 e. The zero-order valence-corrected chi connectivity index (χ0v) is 20.4. The van der Waals surface area contributed by atoms with Crippen LogP contribution in [-0.2, 0) is 4.79 Å². The van der Waals surface area contributed by atoms with Crippen molar-refractivity contribution in [1.29, 1.82) is 0 Å². The van der Waals surface area contributed by atoms with Crippen LogP contribution in [0.4, 0.5) is 11.4 Å². The topological polar surface area (TPSA) is 72.3 Å². The molecule has 0 radical (unpaired) electrons. The van der Waals surface area contributed by atoms with Gasteiger partial charge in [-0.05, 0) is 104 Å². The van der Waals surface area contributed by atoms with Crippen LogP contribution < -0.4 is 16.6 Å². The summed E-state index contributed by atoms with van der Waals surface area (Å²) in [4.78, 5) is 13.5. The molecule has 1 aromatic rings. The van der Waals surface area contributed by atoms with E-state index in [-0.39, 0.29) is 17.9 Å². The Morgan fingerprint density at radius 2 is 1.72 bits per heavy atom. The number of hydrogen-bond acceptors (Lipinski definition) is 4. The first kappa shape index (κ1) is 22.3. The lowest BCUT2D eigenvalue weighted by Gasteiger charge is -2.61. The minimum absolute atomic E-state index is 0.140. The van der Waals surface area contributed by atoms with Gasteiger partial charge in [0.2, 0.25) is 0 Å². The minimum atomic E-state index is 0.140. The molecule has 32 heavy (non-hydrogen) atoms. The molecular formula is C28H43N3O. The quantitative estimate of drug-likeness (QED) is 0.354. The van der Waals surface area contributed by atoms with Gasteiger partial charge in [-0.15, -0.1) is 0 Å². The zero-order chi connectivity index (χ0) is 22.7. The summed E-state index contributed by atoms with van der Waals surface area (Å²) in [7, 11) is 0. The first-order chi connectivity index (χ1) is 15.2. The van der Waals surface area contributed by atoms with Gasteiger partial charge in [-0.25, -0.2) is 5.84 Å². The smallest absolute Gasteiger partial charge is 0.157 e. The number of rotatable bonds is 4. The highest BCUT2D eigenvalue weighted by Crippen LogP contribution is 2.67. The lowest BCUT2D eigenvalue weighted by Crippen LogP contribution is -2.54. The van der Waals surface area contributed by atoms with Crippen LogP contribution in [0.15, 0.2) is 24.3 Å². The molecule has 0 spiro atoms. The Labute approximate surface area is 194 Å². The van der Waals surface area contributed by atoms with E-state index in [1.54, 1.807) is 5.01 Å². The van der Waals surface area contributed by atoms with Crippen molar-refractivity contribution >= 4 is 17.2 Å². The van der Waals surface area contributed by atoms with Crippen molar-refractivity contribution in [3.8, 4) is 0 Å². The molecule has 4 nitrogen and oxygen atoms in total. The Hall–Kier alpha value is -1.55. The van der Waals surface area contributed by atoms with Gasteiger partial charge in [-0.3, -0.25) is 4.79 Å². The molecule has 4 aliphatic carbocycles. The second-order valence-corrected chi connectivity index (χ2v) is 12.4. The van der Waals surface area contributed by atoms with Crippen LogP contribution in [0.2, 0.25) is 0 Å². The third kappa shape index (κ3) is 3.40. The second-order valence-electron chi connectivity index (χ2n) is 12.4. The van der Waals surface area contributed by atoms with E-state index in [9.17, 15) is 4.79 Å². The third-order valence-electron chi connectivity index (χ3n) is 10.9. The summed E-state index contributed by atoms with van der Waals surface area (Å²) in [5.74, 6) is 11.0. The summed E-state index contributed by atoms with van der Waals surface area (Å²) >= 11 is 0. The fourth-order valence-electron chi connectivity index (χ4n) is 9.11. The standard InChI is InChI=1S/C28H43N3O/c1-18-12-14-27(2)19(16-18)8-9-20-21-10-11-23(28(21,3)15-13-22(20)27)26(32)17-31(30)25-7-5-4-6-24(25)29/h4-7,18-23H,8-17,29-30H2,1-3H3.